The maximum Gasteiger partial charge on any atom is 0.150 e. The molecule has 0 saturated carbocycles. The van der Waals surface area contributed by atoms with Crippen LogP contribution in [0, 0.1) is 6.92 Å². The van der Waals surface area contributed by atoms with E-state index in [1.807, 2.05) is 36.7 Å². The Hall–Kier alpha value is -2.38. The van der Waals surface area contributed by atoms with E-state index in [-0.39, 0.29) is 12.1 Å². The molecule has 1 aromatic carbocycles. The number of hydrogen-bond donors (Lipinski definition) is 0. The van der Waals surface area contributed by atoms with Crippen LogP contribution < -0.4 is 0 Å². The SMILES string of the molecule is CO[C@@H]1C[C@@H](c2nncn2C)N(Cc2nc(C)c3ccccc3n2)C1. The summed E-state index contributed by atoms with van der Waals surface area (Å²) in [5.41, 5.74) is 2.00. The molecule has 0 aliphatic carbocycles. The van der Waals surface area contributed by atoms with Crippen molar-refractivity contribution in [3.8, 4) is 0 Å². The van der Waals surface area contributed by atoms with Gasteiger partial charge in [-0.15, -0.1) is 10.2 Å². The third-order valence-corrected chi connectivity index (χ3v) is 4.93. The minimum absolute atomic E-state index is 0.160. The van der Waals surface area contributed by atoms with Crippen LogP contribution in [-0.2, 0) is 18.3 Å². The number of aryl methyl sites for hydroxylation is 2. The molecule has 1 fully saturated rings. The Labute approximate surface area is 146 Å². The van der Waals surface area contributed by atoms with E-state index in [9.17, 15) is 0 Å². The number of likely N-dealkylation sites (tertiary alicyclic amines) is 1. The first-order chi connectivity index (χ1) is 12.2. The molecule has 0 bridgehead atoms. The summed E-state index contributed by atoms with van der Waals surface area (Å²) in [5, 5.41) is 9.43. The fraction of sp³-hybridized carbons (Fsp3) is 0.444. The van der Waals surface area contributed by atoms with E-state index >= 15 is 0 Å². The van der Waals surface area contributed by atoms with E-state index in [2.05, 4.69) is 21.2 Å². The number of para-hydroxylation sites is 1. The normalized spacial score (nSPS) is 21.2. The van der Waals surface area contributed by atoms with Gasteiger partial charge in [-0.3, -0.25) is 4.90 Å². The summed E-state index contributed by atoms with van der Waals surface area (Å²) < 4.78 is 7.58. The molecular formula is C18H22N6O. The number of nitrogens with zero attached hydrogens (tertiary/aromatic N) is 6. The average molecular weight is 338 g/mol. The summed E-state index contributed by atoms with van der Waals surface area (Å²) in [7, 11) is 3.74. The van der Waals surface area contributed by atoms with Crippen molar-refractivity contribution < 1.29 is 4.74 Å². The van der Waals surface area contributed by atoms with Gasteiger partial charge < -0.3 is 9.30 Å². The van der Waals surface area contributed by atoms with Crippen molar-refractivity contribution in [2.24, 2.45) is 7.05 Å². The number of hydrogen-bond acceptors (Lipinski definition) is 6. The molecule has 4 rings (SSSR count). The van der Waals surface area contributed by atoms with Gasteiger partial charge in [0.15, 0.2) is 0 Å². The highest BCUT2D eigenvalue weighted by molar-refractivity contribution is 5.80. The summed E-state index contributed by atoms with van der Waals surface area (Å²) >= 11 is 0. The van der Waals surface area contributed by atoms with E-state index in [1.165, 1.54) is 0 Å². The fourth-order valence-corrected chi connectivity index (χ4v) is 3.62. The van der Waals surface area contributed by atoms with Gasteiger partial charge in [-0.1, -0.05) is 18.2 Å². The molecule has 0 unspecified atom stereocenters. The molecule has 1 aliphatic rings. The van der Waals surface area contributed by atoms with E-state index in [1.54, 1.807) is 13.4 Å². The highest BCUT2D eigenvalue weighted by Gasteiger charge is 2.36. The lowest BCUT2D eigenvalue weighted by molar-refractivity contribution is 0.107. The predicted octanol–water partition coefficient (Wildman–Crippen LogP) is 2.03. The van der Waals surface area contributed by atoms with Crippen LogP contribution in [0.1, 0.15) is 29.8 Å². The molecule has 1 aliphatic heterocycles. The van der Waals surface area contributed by atoms with Gasteiger partial charge in [0.25, 0.3) is 0 Å². The average Bonchev–Trinajstić information content (AvgIpc) is 3.20. The second kappa shape index (κ2) is 6.50. The van der Waals surface area contributed by atoms with Gasteiger partial charge >= 0.3 is 0 Å². The Morgan fingerprint density at radius 2 is 2.08 bits per heavy atom. The topological polar surface area (TPSA) is 69.0 Å². The third kappa shape index (κ3) is 3.01. The zero-order valence-electron chi connectivity index (χ0n) is 14.8. The number of ether oxygens (including phenoxy) is 1. The van der Waals surface area contributed by atoms with Crippen molar-refractivity contribution in [1.29, 1.82) is 0 Å². The predicted molar refractivity (Wildman–Crippen MR) is 93.8 cm³/mol. The third-order valence-electron chi connectivity index (χ3n) is 4.93. The number of fused-ring (bicyclic) bond motifs is 1. The number of rotatable bonds is 4. The van der Waals surface area contributed by atoms with Gasteiger partial charge in [-0.05, 0) is 19.4 Å². The van der Waals surface area contributed by atoms with Crippen LogP contribution in [0.5, 0.6) is 0 Å². The van der Waals surface area contributed by atoms with Crippen LogP contribution in [0.3, 0.4) is 0 Å². The Bertz CT molecular complexity index is 892. The molecule has 1 saturated heterocycles. The van der Waals surface area contributed by atoms with Crippen LogP contribution in [-0.4, -0.2) is 49.4 Å². The highest BCUT2D eigenvalue weighted by Crippen LogP contribution is 2.33. The second-order valence-corrected chi connectivity index (χ2v) is 6.58. The van der Waals surface area contributed by atoms with Crippen LogP contribution in [0.15, 0.2) is 30.6 Å². The standard InChI is InChI=1S/C18H22N6O/c1-12-14-6-4-5-7-15(14)21-17(20-12)10-24-9-13(25-3)8-16(24)18-22-19-11-23(18)2/h4-7,11,13,16H,8-10H2,1-3H3/t13-,16+/m1/s1. The first-order valence-electron chi connectivity index (χ1n) is 8.48. The molecule has 0 amide bonds. The quantitative estimate of drug-likeness (QED) is 0.725. The van der Waals surface area contributed by atoms with Crippen molar-refractivity contribution >= 4 is 10.9 Å². The summed E-state index contributed by atoms with van der Waals surface area (Å²) in [6, 6.07) is 8.29. The van der Waals surface area contributed by atoms with Crippen molar-refractivity contribution in [3.05, 3.63) is 47.9 Å². The Morgan fingerprint density at radius 3 is 2.84 bits per heavy atom. The highest BCUT2D eigenvalue weighted by atomic mass is 16.5. The number of methoxy groups -OCH3 is 1. The molecule has 0 spiro atoms. The lowest BCUT2D eigenvalue weighted by Crippen LogP contribution is -2.27. The van der Waals surface area contributed by atoms with Gasteiger partial charge in [0.05, 0.1) is 24.2 Å². The number of aromatic nitrogens is 5. The maximum absolute atomic E-state index is 5.60. The summed E-state index contributed by atoms with van der Waals surface area (Å²) in [4.78, 5) is 11.8. The van der Waals surface area contributed by atoms with Crippen LogP contribution >= 0.6 is 0 Å². The monoisotopic (exact) mass is 338 g/mol. The minimum Gasteiger partial charge on any atom is -0.380 e. The van der Waals surface area contributed by atoms with Crippen LogP contribution in [0.4, 0.5) is 0 Å². The Morgan fingerprint density at radius 1 is 1.24 bits per heavy atom. The van der Waals surface area contributed by atoms with Crippen molar-refractivity contribution in [3.63, 3.8) is 0 Å². The van der Waals surface area contributed by atoms with Crippen molar-refractivity contribution in [2.75, 3.05) is 13.7 Å². The first-order valence-corrected chi connectivity index (χ1v) is 8.48. The molecule has 25 heavy (non-hydrogen) atoms. The minimum atomic E-state index is 0.160. The van der Waals surface area contributed by atoms with Gasteiger partial charge in [-0.2, -0.15) is 0 Å². The second-order valence-electron chi connectivity index (χ2n) is 6.58. The largest absolute Gasteiger partial charge is 0.380 e. The van der Waals surface area contributed by atoms with Gasteiger partial charge in [0, 0.05) is 31.8 Å². The zero-order chi connectivity index (χ0) is 17.4. The first kappa shape index (κ1) is 16.1. The Balaban J connectivity index is 1.65. The van der Waals surface area contributed by atoms with Crippen LogP contribution in [0.2, 0.25) is 0 Å². The molecule has 3 aromatic rings. The molecule has 130 valence electrons. The summed E-state index contributed by atoms with van der Waals surface area (Å²) in [6.07, 6.45) is 2.82. The maximum atomic E-state index is 5.60. The van der Waals surface area contributed by atoms with Crippen LogP contribution in [0.25, 0.3) is 10.9 Å². The smallest absolute Gasteiger partial charge is 0.150 e. The molecule has 7 nitrogen and oxygen atoms in total. The van der Waals surface area contributed by atoms with Gasteiger partial charge in [0.2, 0.25) is 0 Å². The molecule has 2 atom stereocenters. The number of benzene rings is 1. The lowest BCUT2D eigenvalue weighted by Gasteiger charge is -2.22. The fourth-order valence-electron chi connectivity index (χ4n) is 3.62. The van der Waals surface area contributed by atoms with E-state index < -0.39 is 0 Å². The van der Waals surface area contributed by atoms with Crippen molar-refractivity contribution in [1.82, 2.24) is 29.6 Å². The Kier molecular flexibility index (Phi) is 4.19. The molecule has 2 aromatic heterocycles. The van der Waals surface area contributed by atoms with Gasteiger partial charge in [-0.25, -0.2) is 9.97 Å². The molecular weight excluding hydrogens is 316 g/mol. The zero-order valence-corrected chi connectivity index (χ0v) is 14.8. The lowest BCUT2D eigenvalue weighted by atomic mass is 10.2. The van der Waals surface area contributed by atoms with E-state index in [0.717, 1.165) is 41.2 Å². The van der Waals surface area contributed by atoms with E-state index in [0.29, 0.717) is 6.54 Å². The van der Waals surface area contributed by atoms with Crippen molar-refractivity contribution in [2.45, 2.75) is 32.0 Å². The summed E-state index contributed by atoms with van der Waals surface area (Å²) in [6.45, 7) is 3.54. The molecule has 7 heteroatoms. The molecule has 3 heterocycles. The molecule has 0 N–H and O–H groups in total. The van der Waals surface area contributed by atoms with E-state index in [4.69, 9.17) is 14.7 Å². The molecule has 0 radical (unpaired) electrons. The summed E-state index contributed by atoms with van der Waals surface area (Å²) in [5.74, 6) is 1.79. The van der Waals surface area contributed by atoms with Gasteiger partial charge in [0.1, 0.15) is 18.0 Å².